The van der Waals surface area contributed by atoms with Gasteiger partial charge in [0.1, 0.15) is 24.4 Å². The number of aryl methyl sites for hydroxylation is 1. The fourth-order valence-corrected chi connectivity index (χ4v) is 4.01. The van der Waals surface area contributed by atoms with E-state index in [2.05, 4.69) is 15.4 Å². The molecular weight excluding hydrogens is 406 g/mol. The molecule has 0 bridgehead atoms. The number of carbonyl (C=O) groups excluding carboxylic acids is 2. The Morgan fingerprint density at radius 2 is 1.94 bits per heavy atom. The lowest BCUT2D eigenvalue weighted by atomic mass is 10.0. The molecule has 2 heterocycles. The zero-order valence-electron chi connectivity index (χ0n) is 18.1. The normalized spacial score (nSPS) is 15.9. The van der Waals surface area contributed by atoms with Crippen LogP contribution in [0.15, 0.2) is 61.2 Å². The molecule has 0 radical (unpaired) electrons. The summed E-state index contributed by atoms with van der Waals surface area (Å²) < 4.78 is 6.94. The molecule has 8 heteroatoms. The summed E-state index contributed by atoms with van der Waals surface area (Å²) >= 11 is 0. The molecule has 1 atom stereocenters. The minimum atomic E-state index is -0.465. The quantitative estimate of drug-likeness (QED) is 0.617. The highest BCUT2D eigenvalue weighted by Gasteiger charge is 2.31. The van der Waals surface area contributed by atoms with Crippen LogP contribution in [0.1, 0.15) is 25.7 Å². The van der Waals surface area contributed by atoms with E-state index in [0.29, 0.717) is 31.6 Å². The number of aromatic nitrogens is 3. The first kappa shape index (κ1) is 21.5. The summed E-state index contributed by atoms with van der Waals surface area (Å²) in [4.78, 5) is 31.6. The molecule has 32 heavy (non-hydrogen) atoms. The third-order valence-corrected chi connectivity index (χ3v) is 5.68. The predicted octanol–water partition coefficient (Wildman–Crippen LogP) is 3.36. The predicted molar refractivity (Wildman–Crippen MR) is 121 cm³/mol. The topological polar surface area (TPSA) is 89.4 Å². The molecule has 8 nitrogen and oxygen atoms in total. The number of ether oxygens (including phenoxy) is 1. The van der Waals surface area contributed by atoms with Crippen LogP contribution < -0.4 is 10.1 Å². The highest BCUT2D eigenvalue weighted by molar-refractivity contribution is 5.97. The van der Waals surface area contributed by atoms with Gasteiger partial charge in [0.2, 0.25) is 11.8 Å². The van der Waals surface area contributed by atoms with E-state index in [-0.39, 0.29) is 11.8 Å². The molecule has 0 saturated carbocycles. The number of anilines is 1. The summed E-state index contributed by atoms with van der Waals surface area (Å²) in [6, 6.07) is 15.0. The Morgan fingerprint density at radius 3 is 2.72 bits per heavy atom. The van der Waals surface area contributed by atoms with Gasteiger partial charge in [-0.3, -0.25) is 14.3 Å². The zero-order valence-corrected chi connectivity index (χ0v) is 18.1. The van der Waals surface area contributed by atoms with Crippen LogP contribution in [0, 0.1) is 0 Å². The van der Waals surface area contributed by atoms with Gasteiger partial charge in [0.05, 0.1) is 13.7 Å². The van der Waals surface area contributed by atoms with Crippen molar-refractivity contribution >= 4 is 17.5 Å². The molecule has 2 amide bonds. The molecule has 1 aliphatic rings. The van der Waals surface area contributed by atoms with Crippen LogP contribution >= 0.6 is 0 Å². The van der Waals surface area contributed by atoms with Crippen molar-refractivity contribution in [1.82, 2.24) is 19.7 Å². The number of methoxy groups -OCH3 is 1. The second kappa shape index (κ2) is 10.1. The van der Waals surface area contributed by atoms with Crippen molar-refractivity contribution in [2.24, 2.45) is 0 Å². The van der Waals surface area contributed by atoms with Crippen molar-refractivity contribution in [3.05, 3.63) is 61.2 Å². The summed E-state index contributed by atoms with van der Waals surface area (Å²) in [6.45, 7) is 1.05. The van der Waals surface area contributed by atoms with Gasteiger partial charge in [-0.15, -0.1) is 0 Å². The maximum Gasteiger partial charge on any atom is 0.247 e. The highest BCUT2D eigenvalue weighted by Crippen LogP contribution is 2.27. The van der Waals surface area contributed by atoms with Gasteiger partial charge in [-0.05, 0) is 54.7 Å². The number of benzene rings is 2. The van der Waals surface area contributed by atoms with Crippen molar-refractivity contribution in [3.8, 4) is 16.9 Å². The average molecular weight is 434 g/mol. The lowest BCUT2D eigenvalue weighted by Gasteiger charge is -2.34. The van der Waals surface area contributed by atoms with E-state index in [0.717, 1.165) is 29.7 Å². The smallest absolute Gasteiger partial charge is 0.247 e. The number of likely N-dealkylation sites (tertiary alicyclic amines) is 1. The summed E-state index contributed by atoms with van der Waals surface area (Å²) in [6.07, 6.45) is 5.82. The van der Waals surface area contributed by atoms with Crippen molar-refractivity contribution in [3.63, 3.8) is 0 Å². The molecule has 1 unspecified atom stereocenters. The minimum Gasteiger partial charge on any atom is -0.497 e. The van der Waals surface area contributed by atoms with Crippen LogP contribution in [0.4, 0.5) is 5.69 Å². The SMILES string of the molecule is COc1cccc(-c2cccc(NC(=O)C3CCCCN3C(=O)CCn3cncn3)c2)c1. The number of rotatable bonds is 7. The third-order valence-electron chi connectivity index (χ3n) is 5.68. The maximum absolute atomic E-state index is 13.1. The van der Waals surface area contributed by atoms with Crippen LogP contribution in [0.25, 0.3) is 11.1 Å². The van der Waals surface area contributed by atoms with E-state index in [9.17, 15) is 9.59 Å². The van der Waals surface area contributed by atoms with Crippen molar-refractivity contribution in [2.75, 3.05) is 19.0 Å². The Morgan fingerprint density at radius 1 is 1.12 bits per heavy atom. The fraction of sp³-hybridized carbons (Fsp3) is 0.333. The molecule has 1 saturated heterocycles. The Kier molecular flexibility index (Phi) is 6.79. The van der Waals surface area contributed by atoms with Gasteiger partial charge in [0, 0.05) is 18.7 Å². The van der Waals surface area contributed by atoms with Crippen molar-refractivity contribution < 1.29 is 14.3 Å². The van der Waals surface area contributed by atoms with Crippen molar-refractivity contribution in [1.29, 1.82) is 0 Å². The molecule has 3 aromatic rings. The first-order chi connectivity index (χ1) is 15.6. The largest absolute Gasteiger partial charge is 0.497 e. The van der Waals surface area contributed by atoms with Crippen LogP contribution in [0.3, 0.4) is 0 Å². The molecule has 166 valence electrons. The fourth-order valence-electron chi connectivity index (χ4n) is 4.01. The van der Waals surface area contributed by atoms with Gasteiger partial charge in [0.15, 0.2) is 0 Å². The van der Waals surface area contributed by atoms with Gasteiger partial charge in [0.25, 0.3) is 0 Å². The maximum atomic E-state index is 13.1. The number of piperidine rings is 1. The van der Waals surface area contributed by atoms with E-state index < -0.39 is 6.04 Å². The Bertz CT molecular complexity index is 1070. The monoisotopic (exact) mass is 433 g/mol. The van der Waals surface area contributed by atoms with E-state index >= 15 is 0 Å². The van der Waals surface area contributed by atoms with Crippen LogP contribution in [0.2, 0.25) is 0 Å². The molecule has 0 aliphatic carbocycles. The number of carbonyl (C=O) groups is 2. The molecule has 1 aromatic heterocycles. The van der Waals surface area contributed by atoms with E-state index in [1.54, 1.807) is 23.0 Å². The van der Waals surface area contributed by atoms with Crippen LogP contribution in [0.5, 0.6) is 5.75 Å². The van der Waals surface area contributed by atoms with Gasteiger partial charge in [-0.2, -0.15) is 5.10 Å². The molecule has 1 aliphatic heterocycles. The molecule has 1 fully saturated rings. The summed E-state index contributed by atoms with van der Waals surface area (Å²) in [5.41, 5.74) is 2.69. The number of nitrogens with zero attached hydrogens (tertiary/aromatic N) is 4. The zero-order chi connectivity index (χ0) is 22.3. The third kappa shape index (κ3) is 5.14. The Hall–Kier alpha value is -3.68. The number of nitrogens with one attached hydrogen (secondary N) is 1. The van der Waals surface area contributed by atoms with Gasteiger partial charge in [-0.25, -0.2) is 4.98 Å². The molecule has 0 spiro atoms. The standard InChI is InChI=1S/C24H27N5O3/c1-32-21-9-5-7-19(15-21)18-6-4-8-20(14-18)27-24(31)22-10-2-3-12-29(22)23(30)11-13-28-17-25-16-26-28/h4-9,14-17,22H,2-3,10-13H2,1H3,(H,27,31). The second-order valence-electron chi connectivity index (χ2n) is 7.81. The average Bonchev–Trinajstić information content (AvgIpc) is 3.36. The molecule has 4 rings (SSSR count). The first-order valence-electron chi connectivity index (χ1n) is 10.8. The first-order valence-corrected chi connectivity index (χ1v) is 10.8. The molecule has 1 N–H and O–H groups in total. The van der Waals surface area contributed by atoms with Crippen LogP contribution in [-0.4, -0.2) is 51.2 Å². The number of hydrogen-bond donors (Lipinski definition) is 1. The number of hydrogen-bond acceptors (Lipinski definition) is 5. The molecular formula is C24H27N5O3. The van der Waals surface area contributed by atoms with E-state index in [1.165, 1.54) is 6.33 Å². The Labute approximate surface area is 187 Å². The summed E-state index contributed by atoms with van der Waals surface area (Å²) in [7, 11) is 1.64. The highest BCUT2D eigenvalue weighted by atomic mass is 16.5. The summed E-state index contributed by atoms with van der Waals surface area (Å²) in [5, 5.41) is 7.05. The van der Waals surface area contributed by atoms with Gasteiger partial charge in [-0.1, -0.05) is 24.3 Å². The van der Waals surface area contributed by atoms with E-state index in [1.807, 2.05) is 48.5 Å². The van der Waals surface area contributed by atoms with Gasteiger partial charge < -0.3 is 15.0 Å². The second-order valence-corrected chi connectivity index (χ2v) is 7.81. The summed E-state index contributed by atoms with van der Waals surface area (Å²) in [5.74, 6) is 0.589. The lowest BCUT2D eigenvalue weighted by molar-refractivity contribution is -0.140. The van der Waals surface area contributed by atoms with E-state index in [4.69, 9.17) is 4.74 Å². The van der Waals surface area contributed by atoms with Crippen LogP contribution in [-0.2, 0) is 16.1 Å². The lowest BCUT2D eigenvalue weighted by Crippen LogP contribution is -2.50. The molecule has 2 aromatic carbocycles. The Balaban J connectivity index is 1.44. The van der Waals surface area contributed by atoms with Gasteiger partial charge >= 0.3 is 0 Å². The number of amides is 2. The van der Waals surface area contributed by atoms with Crippen molar-refractivity contribution in [2.45, 2.75) is 38.3 Å². The minimum absolute atomic E-state index is 0.0366.